The summed E-state index contributed by atoms with van der Waals surface area (Å²) in [4.78, 5) is 20.0. The molecule has 2 atom stereocenters. The summed E-state index contributed by atoms with van der Waals surface area (Å²) in [5.41, 5.74) is 0. The second-order valence-electron chi connectivity index (χ2n) is 6.30. The second-order valence-corrected chi connectivity index (χ2v) is 6.30. The number of morpholine rings is 1. The number of hydrogen-bond donors (Lipinski definition) is 2. The quantitative estimate of drug-likeness (QED) is 0.346. The molecule has 2 aliphatic rings. The molecule has 0 spiro atoms. The van der Waals surface area contributed by atoms with Gasteiger partial charge in [0.1, 0.15) is 6.54 Å². The number of likely N-dealkylation sites (N-methyl/N-ethyl adjacent to an activating group) is 1. The Morgan fingerprint density at radius 3 is 2.57 bits per heavy atom. The SMILES string of the molecule is CC1CC1NC(=NCC(=O)N(C)C)NCCN1CCOCC1.I. The Labute approximate surface area is 156 Å². The zero-order valence-corrected chi connectivity index (χ0v) is 16.7. The second kappa shape index (κ2) is 10.3. The highest BCUT2D eigenvalue weighted by Gasteiger charge is 2.33. The topological polar surface area (TPSA) is 69.2 Å². The molecule has 0 aromatic rings. The maximum absolute atomic E-state index is 11.7. The Balaban J connectivity index is 0.00000264. The third-order valence-corrected chi connectivity index (χ3v) is 4.13. The third kappa shape index (κ3) is 7.67. The Hall–Kier alpha value is -0.610. The molecule has 8 heteroatoms. The van der Waals surface area contributed by atoms with Crippen LogP contribution in [0.1, 0.15) is 13.3 Å². The number of rotatable bonds is 6. The van der Waals surface area contributed by atoms with Crippen molar-refractivity contribution in [1.82, 2.24) is 20.4 Å². The Morgan fingerprint density at radius 2 is 2.00 bits per heavy atom. The van der Waals surface area contributed by atoms with Crippen molar-refractivity contribution in [2.24, 2.45) is 10.9 Å². The fourth-order valence-electron chi connectivity index (χ4n) is 2.30. The number of hydrogen-bond acceptors (Lipinski definition) is 4. The molecular weight excluding hydrogens is 409 g/mol. The van der Waals surface area contributed by atoms with Crippen molar-refractivity contribution in [2.45, 2.75) is 19.4 Å². The lowest BCUT2D eigenvalue weighted by atomic mass is 10.4. The number of carbonyl (C=O) groups is 1. The molecule has 1 amide bonds. The molecule has 134 valence electrons. The highest BCUT2D eigenvalue weighted by atomic mass is 127. The molecule has 0 aromatic carbocycles. The van der Waals surface area contributed by atoms with E-state index in [4.69, 9.17) is 4.74 Å². The van der Waals surface area contributed by atoms with Crippen LogP contribution < -0.4 is 10.6 Å². The lowest BCUT2D eigenvalue weighted by Gasteiger charge is -2.26. The number of carbonyl (C=O) groups excluding carboxylic acids is 1. The number of guanidine groups is 1. The van der Waals surface area contributed by atoms with Crippen LogP contribution >= 0.6 is 24.0 Å². The van der Waals surface area contributed by atoms with Gasteiger partial charge < -0.3 is 20.3 Å². The van der Waals surface area contributed by atoms with Crippen molar-refractivity contribution < 1.29 is 9.53 Å². The van der Waals surface area contributed by atoms with Gasteiger partial charge in [0.2, 0.25) is 5.91 Å². The summed E-state index contributed by atoms with van der Waals surface area (Å²) in [6.07, 6.45) is 1.17. The highest BCUT2D eigenvalue weighted by Crippen LogP contribution is 2.28. The molecule has 0 aromatic heterocycles. The lowest BCUT2D eigenvalue weighted by molar-refractivity contribution is -0.127. The fraction of sp³-hybridized carbons (Fsp3) is 0.867. The Kier molecular flexibility index (Phi) is 9.15. The maximum Gasteiger partial charge on any atom is 0.243 e. The largest absolute Gasteiger partial charge is 0.379 e. The van der Waals surface area contributed by atoms with E-state index in [1.165, 1.54) is 6.42 Å². The van der Waals surface area contributed by atoms with Crippen LogP contribution in [0, 0.1) is 5.92 Å². The Morgan fingerprint density at radius 1 is 1.35 bits per heavy atom. The standard InChI is InChI=1S/C15H29N5O2.HI/c1-12-10-13(12)18-15(17-11-14(21)19(2)3)16-4-5-20-6-8-22-9-7-20;/h12-13H,4-11H2,1-3H3,(H2,16,17,18);1H. The summed E-state index contributed by atoms with van der Waals surface area (Å²) in [5, 5.41) is 6.74. The predicted molar refractivity (Wildman–Crippen MR) is 102 cm³/mol. The minimum Gasteiger partial charge on any atom is -0.379 e. The van der Waals surface area contributed by atoms with E-state index in [-0.39, 0.29) is 36.4 Å². The molecule has 2 N–H and O–H groups in total. The number of ether oxygens (including phenoxy) is 1. The van der Waals surface area contributed by atoms with Crippen LogP contribution in [-0.2, 0) is 9.53 Å². The number of nitrogens with one attached hydrogen (secondary N) is 2. The number of nitrogens with zero attached hydrogens (tertiary/aromatic N) is 3. The summed E-state index contributed by atoms with van der Waals surface area (Å²) in [6.45, 7) is 7.79. The minimum atomic E-state index is 0. The molecule has 2 rings (SSSR count). The summed E-state index contributed by atoms with van der Waals surface area (Å²) >= 11 is 0. The van der Waals surface area contributed by atoms with Crippen LogP contribution in [0.15, 0.2) is 4.99 Å². The maximum atomic E-state index is 11.7. The van der Waals surface area contributed by atoms with Crippen molar-refractivity contribution in [2.75, 3.05) is 60.0 Å². The van der Waals surface area contributed by atoms with E-state index in [0.29, 0.717) is 12.0 Å². The van der Waals surface area contributed by atoms with Gasteiger partial charge in [0.05, 0.1) is 13.2 Å². The average Bonchev–Trinajstić information content (AvgIpc) is 3.20. The first-order chi connectivity index (χ1) is 10.6. The predicted octanol–water partition coefficient (Wildman–Crippen LogP) is -0.0316. The number of aliphatic imine (C=N–C) groups is 1. The normalized spacial score (nSPS) is 24.6. The van der Waals surface area contributed by atoms with Crippen LogP contribution in [0.5, 0.6) is 0 Å². The van der Waals surface area contributed by atoms with Crippen molar-refractivity contribution in [3.8, 4) is 0 Å². The van der Waals surface area contributed by atoms with Crippen LogP contribution in [0.3, 0.4) is 0 Å². The molecule has 1 saturated carbocycles. The van der Waals surface area contributed by atoms with Crippen LogP contribution in [-0.4, -0.2) is 87.7 Å². The molecule has 1 aliphatic heterocycles. The molecule has 1 saturated heterocycles. The van der Waals surface area contributed by atoms with E-state index in [9.17, 15) is 4.79 Å². The van der Waals surface area contributed by atoms with Crippen molar-refractivity contribution in [3.63, 3.8) is 0 Å². The van der Waals surface area contributed by atoms with Gasteiger partial charge in [-0.1, -0.05) is 6.92 Å². The first-order valence-corrected chi connectivity index (χ1v) is 8.11. The van der Waals surface area contributed by atoms with E-state index in [0.717, 1.165) is 45.4 Å². The first-order valence-electron chi connectivity index (χ1n) is 8.11. The van der Waals surface area contributed by atoms with Crippen molar-refractivity contribution in [3.05, 3.63) is 0 Å². The summed E-state index contributed by atoms with van der Waals surface area (Å²) in [6, 6.07) is 0.490. The van der Waals surface area contributed by atoms with Crippen LogP contribution in [0.25, 0.3) is 0 Å². The van der Waals surface area contributed by atoms with Crippen molar-refractivity contribution in [1.29, 1.82) is 0 Å². The smallest absolute Gasteiger partial charge is 0.243 e. The molecular formula is C15H30IN5O2. The van der Waals surface area contributed by atoms with Crippen LogP contribution in [0.2, 0.25) is 0 Å². The molecule has 2 fully saturated rings. The molecule has 2 unspecified atom stereocenters. The molecule has 0 radical (unpaired) electrons. The molecule has 23 heavy (non-hydrogen) atoms. The van der Waals surface area contributed by atoms with E-state index in [1.807, 2.05) is 0 Å². The van der Waals surface area contributed by atoms with E-state index in [2.05, 4.69) is 27.4 Å². The molecule has 1 heterocycles. The van der Waals surface area contributed by atoms with Gasteiger partial charge in [0.15, 0.2) is 5.96 Å². The zero-order chi connectivity index (χ0) is 15.9. The highest BCUT2D eigenvalue weighted by molar-refractivity contribution is 14.0. The van der Waals surface area contributed by atoms with E-state index < -0.39 is 0 Å². The third-order valence-electron chi connectivity index (χ3n) is 4.13. The lowest BCUT2D eigenvalue weighted by Crippen LogP contribution is -2.45. The summed E-state index contributed by atoms with van der Waals surface area (Å²) in [7, 11) is 3.50. The van der Waals surface area contributed by atoms with Gasteiger partial charge in [0.25, 0.3) is 0 Å². The van der Waals surface area contributed by atoms with Gasteiger partial charge in [-0.3, -0.25) is 9.69 Å². The monoisotopic (exact) mass is 439 g/mol. The minimum absolute atomic E-state index is 0. The van der Waals surface area contributed by atoms with Gasteiger partial charge in [-0.25, -0.2) is 4.99 Å². The van der Waals surface area contributed by atoms with Gasteiger partial charge in [-0.2, -0.15) is 0 Å². The Bertz CT molecular complexity index is 399. The number of halogens is 1. The average molecular weight is 439 g/mol. The number of amides is 1. The van der Waals surface area contributed by atoms with Gasteiger partial charge >= 0.3 is 0 Å². The zero-order valence-electron chi connectivity index (χ0n) is 14.4. The molecule has 0 bridgehead atoms. The van der Waals surface area contributed by atoms with E-state index >= 15 is 0 Å². The van der Waals surface area contributed by atoms with Gasteiger partial charge in [-0.15, -0.1) is 24.0 Å². The molecule has 7 nitrogen and oxygen atoms in total. The first kappa shape index (κ1) is 20.4. The van der Waals surface area contributed by atoms with Crippen molar-refractivity contribution >= 4 is 35.8 Å². The van der Waals surface area contributed by atoms with Gasteiger partial charge in [-0.05, 0) is 12.3 Å². The summed E-state index contributed by atoms with van der Waals surface area (Å²) in [5.74, 6) is 1.45. The molecule has 1 aliphatic carbocycles. The summed E-state index contributed by atoms with van der Waals surface area (Å²) < 4.78 is 5.35. The van der Waals surface area contributed by atoms with E-state index in [1.54, 1.807) is 19.0 Å². The fourth-order valence-corrected chi connectivity index (χ4v) is 2.30. The van der Waals surface area contributed by atoms with Crippen LogP contribution in [0.4, 0.5) is 0 Å². The van der Waals surface area contributed by atoms with Gasteiger partial charge in [0, 0.05) is 46.3 Å².